The van der Waals surface area contributed by atoms with Crippen LogP contribution in [0, 0.1) is 17.3 Å². The third-order valence-electron chi connectivity index (χ3n) is 2.42. The first-order valence-corrected chi connectivity index (χ1v) is 7.06. The SMILES string of the molecule is CCOC(=O)/C(C#CC(C)(C)C)=C/C=C/c1ccccc1. The maximum Gasteiger partial charge on any atom is 0.346 e. The van der Waals surface area contributed by atoms with Crippen molar-refractivity contribution in [1.29, 1.82) is 0 Å². The smallest absolute Gasteiger partial charge is 0.346 e. The highest BCUT2D eigenvalue weighted by atomic mass is 16.5. The highest BCUT2D eigenvalue weighted by molar-refractivity contribution is 5.94. The van der Waals surface area contributed by atoms with Gasteiger partial charge >= 0.3 is 5.97 Å². The maximum absolute atomic E-state index is 11.9. The lowest BCUT2D eigenvalue weighted by molar-refractivity contribution is -0.137. The molecule has 0 saturated carbocycles. The van der Waals surface area contributed by atoms with Crippen LogP contribution in [0.2, 0.25) is 0 Å². The quantitative estimate of drug-likeness (QED) is 0.357. The number of esters is 1. The van der Waals surface area contributed by atoms with Gasteiger partial charge in [0.25, 0.3) is 0 Å². The fourth-order valence-electron chi connectivity index (χ4n) is 1.44. The van der Waals surface area contributed by atoms with Crippen LogP contribution in [-0.4, -0.2) is 12.6 Å². The Bertz CT molecular complexity index is 575. The molecule has 0 spiro atoms. The predicted molar refractivity (Wildman–Crippen MR) is 87.4 cm³/mol. The zero-order valence-electron chi connectivity index (χ0n) is 13.1. The van der Waals surface area contributed by atoms with E-state index >= 15 is 0 Å². The summed E-state index contributed by atoms with van der Waals surface area (Å²) in [5, 5.41) is 0. The van der Waals surface area contributed by atoms with Crippen LogP contribution in [0.15, 0.2) is 48.1 Å². The molecule has 1 aromatic carbocycles. The Labute approximate surface area is 127 Å². The minimum absolute atomic E-state index is 0.158. The summed E-state index contributed by atoms with van der Waals surface area (Å²) in [5.74, 6) is 5.59. The van der Waals surface area contributed by atoms with Crippen LogP contribution in [0.5, 0.6) is 0 Å². The van der Waals surface area contributed by atoms with Crippen molar-refractivity contribution in [3.63, 3.8) is 0 Å². The molecule has 0 saturated heterocycles. The molecule has 2 nitrogen and oxygen atoms in total. The molecule has 0 heterocycles. The number of ether oxygens (including phenoxy) is 1. The molecule has 0 atom stereocenters. The van der Waals surface area contributed by atoms with Crippen molar-refractivity contribution in [2.75, 3.05) is 6.61 Å². The van der Waals surface area contributed by atoms with Crippen molar-refractivity contribution < 1.29 is 9.53 Å². The molecule has 0 aliphatic heterocycles. The van der Waals surface area contributed by atoms with E-state index in [0.29, 0.717) is 12.2 Å². The standard InChI is InChI=1S/C19H22O2/c1-5-21-18(20)17(14-15-19(2,3)4)13-9-12-16-10-7-6-8-11-16/h6-13H,5H2,1-4H3/b12-9+,17-13+. The monoisotopic (exact) mass is 282 g/mol. The summed E-state index contributed by atoms with van der Waals surface area (Å²) >= 11 is 0. The van der Waals surface area contributed by atoms with E-state index in [-0.39, 0.29) is 11.4 Å². The van der Waals surface area contributed by atoms with Gasteiger partial charge < -0.3 is 4.74 Å². The third-order valence-corrected chi connectivity index (χ3v) is 2.42. The third kappa shape index (κ3) is 7.17. The molecule has 0 N–H and O–H groups in total. The number of rotatable bonds is 4. The first kappa shape index (κ1) is 16.8. The van der Waals surface area contributed by atoms with Crippen LogP contribution in [0.3, 0.4) is 0 Å². The zero-order valence-corrected chi connectivity index (χ0v) is 13.1. The minimum Gasteiger partial charge on any atom is -0.462 e. The number of benzene rings is 1. The summed E-state index contributed by atoms with van der Waals surface area (Å²) in [6.07, 6.45) is 5.45. The molecule has 2 heteroatoms. The minimum atomic E-state index is -0.382. The molecular formula is C19H22O2. The topological polar surface area (TPSA) is 26.3 Å². The molecule has 110 valence electrons. The average molecular weight is 282 g/mol. The highest BCUT2D eigenvalue weighted by Gasteiger charge is 2.09. The van der Waals surface area contributed by atoms with Gasteiger partial charge in [-0.1, -0.05) is 54.3 Å². The maximum atomic E-state index is 11.9. The van der Waals surface area contributed by atoms with E-state index in [1.807, 2.05) is 63.3 Å². The van der Waals surface area contributed by atoms with Crippen LogP contribution in [0.25, 0.3) is 6.08 Å². The average Bonchev–Trinajstić information content (AvgIpc) is 2.43. The van der Waals surface area contributed by atoms with Crippen molar-refractivity contribution in [2.24, 2.45) is 5.41 Å². The van der Waals surface area contributed by atoms with Crippen LogP contribution in [0.4, 0.5) is 0 Å². The van der Waals surface area contributed by atoms with Gasteiger partial charge in [-0.2, -0.15) is 0 Å². The fourth-order valence-corrected chi connectivity index (χ4v) is 1.44. The molecule has 1 rings (SSSR count). The lowest BCUT2D eigenvalue weighted by Gasteiger charge is -2.07. The largest absolute Gasteiger partial charge is 0.462 e. The summed E-state index contributed by atoms with van der Waals surface area (Å²) in [7, 11) is 0. The lowest BCUT2D eigenvalue weighted by atomic mass is 9.97. The predicted octanol–water partition coefficient (Wildman–Crippen LogP) is 4.24. The Morgan fingerprint density at radius 2 is 1.90 bits per heavy atom. The molecule has 0 aliphatic carbocycles. The van der Waals surface area contributed by atoms with Crippen molar-refractivity contribution in [3.8, 4) is 11.8 Å². The molecule has 0 aliphatic rings. The second kappa shape index (κ2) is 8.11. The van der Waals surface area contributed by atoms with Crippen molar-refractivity contribution in [2.45, 2.75) is 27.7 Å². The molecule has 0 radical (unpaired) electrons. The zero-order chi connectivity index (χ0) is 15.7. The Hall–Kier alpha value is -2.27. The molecule has 0 bridgehead atoms. The first-order valence-electron chi connectivity index (χ1n) is 7.06. The summed E-state index contributed by atoms with van der Waals surface area (Å²) in [4.78, 5) is 11.9. The Balaban J connectivity index is 2.95. The number of hydrogen-bond acceptors (Lipinski definition) is 2. The second-order valence-electron chi connectivity index (χ2n) is 5.57. The van der Waals surface area contributed by atoms with Gasteiger partial charge in [0.1, 0.15) is 5.57 Å². The summed E-state index contributed by atoms with van der Waals surface area (Å²) < 4.78 is 5.03. The molecule has 1 aromatic rings. The van der Waals surface area contributed by atoms with Gasteiger partial charge in [-0.25, -0.2) is 4.79 Å². The summed E-state index contributed by atoms with van der Waals surface area (Å²) in [6, 6.07) is 9.89. The molecule has 0 unspecified atom stereocenters. The van der Waals surface area contributed by atoms with Gasteiger partial charge in [0.05, 0.1) is 6.61 Å². The van der Waals surface area contributed by atoms with E-state index in [9.17, 15) is 4.79 Å². The second-order valence-corrected chi connectivity index (χ2v) is 5.57. The summed E-state index contributed by atoms with van der Waals surface area (Å²) in [5.41, 5.74) is 1.29. The first-order chi connectivity index (χ1) is 9.92. The number of carbonyl (C=O) groups is 1. The van der Waals surface area contributed by atoms with E-state index in [1.165, 1.54) is 0 Å². The van der Waals surface area contributed by atoms with E-state index in [2.05, 4.69) is 11.8 Å². The molecule has 0 aromatic heterocycles. The van der Waals surface area contributed by atoms with Gasteiger partial charge in [-0.3, -0.25) is 0 Å². The lowest BCUT2D eigenvalue weighted by Crippen LogP contribution is -2.07. The van der Waals surface area contributed by atoms with Gasteiger partial charge in [-0.15, -0.1) is 0 Å². The number of carbonyl (C=O) groups excluding carboxylic acids is 1. The van der Waals surface area contributed by atoms with Gasteiger partial charge in [0.15, 0.2) is 0 Å². The van der Waals surface area contributed by atoms with E-state index in [0.717, 1.165) is 5.56 Å². The Morgan fingerprint density at radius 1 is 1.24 bits per heavy atom. The molecule has 0 amide bonds. The normalized spacial score (nSPS) is 11.9. The van der Waals surface area contributed by atoms with E-state index < -0.39 is 0 Å². The molecule has 0 fully saturated rings. The van der Waals surface area contributed by atoms with E-state index in [4.69, 9.17) is 4.74 Å². The van der Waals surface area contributed by atoms with Gasteiger partial charge in [0, 0.05) is 5.41 Å². The Kier molecular flexibility index (Phi) is 6.49. The summed E-state index contributed by atoms with van der Waals surface area (Å²) in [6.45, 7) is 8.13. The van der Waals surface area contributed by atoms with Crippen molar-refractivity contribution >= 4 is 12.0 Å². The fraction of sp³-hybridized carbons (Fsp3) is 0.316. The Morgan fingerprint density at radius 3 is 2.48 bits per heavy atom. The van der Waals surface area contributed by atoms with Crippen LogP contribution >= 0.6 is 0 Å². The van der Waals surface area contributed by atoms with E-state index in [1.54, 1.807) is 13.0 Å². The molecular weight excluding hydrogens is 260 g/mol. The van der Waals surface area contributed by atoms with Crippen LogP contribution in [0.1, 0.15) is 33.3 Å². The van der Waals surface area contributed by atoms with Crippen LogP contribution < -0.4 is 0 Å². The number of allylic oxidation sites excluding steroid dienone is 2. The molecule has 21 heavy (non-hydrogen) atoms. The van der Waals surface area contributed by atoms with Crippen molar-refractivity contribution in [1.82, 2.24) is 0 Å². The number of hydrogen-bond donors (Lipinski definition) is 0. The highest BCUT2D eigenvalue weighted by Crippen LogP contribution is 2.11. The van der Waals surface area contributed by atoms with Gasteiger partial charge in [0.2, 0.25) is 0 Å². The van der Waals surface area contributed by atoms with Crippen molar-refractivity contribution in [3.05, 3.63) is 53.6 Å². The van der Waals surface area contributed by atoms with Crippen LogP contribution in [-0.2, 0) is 9.53 Å². The van der Waals surface area contributed by atoms with Gasteiger partial charge in [-0.05, 0) is 39.3 Å².